The molecular formula is C12H12ClF6NO3. The highest BCUT2D eigenvalue weighted by atomic mass is 35.5. The van der Waals surface area contributed by atoms with E-state index in [1.807, 2.05) is 0 Å². The van der Waals surface area contributed by atoms with Crippen molar-refractivity contribution in [2.24, 2.45) is 11.3 Å². The SMILES string of the molecule is O=C(Cl)[C@H]1CC12CCN(C(=O)OC(C(F)(F)F)C(F)(F)F)CC2. The molecule has 4 nitrogen and oxygen atoms in total. The Kier molecular flexibility index (Phi) is 4.51. The number of alkyl halides is 6. The highest BCUT2D eigenvalue weighted by Gasteiger charge is 2.61. The van der Waals surface area contributed by atoms with E-state index in [1.54, 1.807) is 0 Å². The summed E-state index contributed by atoms with van der Waals surface area (Å²) in [5.74, 6) is -0.361. The average molecular weight is 368 g/mol. The maximum absolute atomic E-state index is 12.3. The van der Waals surface area contributed by atoms with Crippen LogP contribution in [0.25, 0.3) is 0 Å². The largest absolute Gasteiger partial charge is 0.434 e. The third kappa shape index (κ3) is 3.84. The van der Waals surface area contributed by atoms with Crippen molar-refractivity contribution in [3.05, 3.63) is 0 Å². The van der Waals surface area contributed by atoms with Gasteiger partial charge in [0, 0.05) is 19.0 Å². The lowest BCUT2D eigenvalue weighted by Gasteiger charge is -2.33. The Hall–Kier alpha value is -1.19. The molecule has 1 amide bonds. The standard InChI is InChI=1S/C12H12ClF6NO3/c13-7(21)6-5-10(6)1-3-20(4-2-10)9(22)23-8(11(14,15)16)12(17,18)19/h6,8H,1-5H2/t6-/m1/s1. The minimum absolute atomic E-state index is 0.0814. The fourth-order valence-corrected chi connectivity index (χ4v) is 3.16. The van der Waals surface area contributed by atoms with E-state index < -0.39 is 29.8 Å². The molecule has 1 aliphatic carbocycles. The number of nitrogens with zero attached hydrogens (tertiary/aromatic N) is 1. The fraction of sp³-hybridized carbons (Fsp3) is 0.833. The lowest BCUT2D eigenvalue weighted by Crippen LogP contribution is -2.49. The summed E-state index contributed by atoms with van der Waals surface area (Å²) in [5, 5.41) is -0.518. The molecule has 0 unspecified atom stereocenters. The number of likely N-dealkylation sites (tertiary alicyclic amines) is 1. The first-order valence-electron chi connectivity index (χ1n) is 6.65. The van der Waals surface area contributed by atoms with Crippen LogP contribution in [0.15, 0.2) is 0 Å². The van der Waals surface area contributed by atoms with Crippen LogP contribution in [0.4, 0.5) is 31.1 Å². The smallest absolute Gasteiger partial charge is 0.426 e. The molecule has 0 bridgehead atoms. The third-order valence-corrected chi connectivity index (χ3v) is 4.56. The van der Waals surface area contributed by atoms with Gasteiger partial charge in [0.15, 0.2) is 0 Å². The predicted octanol–water partition coefficient (Wildman–Crippen LogP) is 3.48. The maximum Gasteiger partial charge on any atom is 0.434 e. The number of hydrogen-bond acceptors (Lipinski definition) is 3. The molecule has 2 fully saturated rings. The molecule has 0 aromatic rings. The summed E-state index contributed by atoms with van der Waals surface area (Å²) in [4.78, 5) is 23.4. The van der Waals surface area contributed by atoms with Gasteiger partial charge in [-0.05, 0) is 36.3 Å². The Balaban J connectivity index is 1.94. The van der Waals surface area contributed by atoms with Crippen LogP contribution in [0.5, 0.6) is 0 Å². The van der Waals surface area contributed by atoms with E-state index in [0.29, 0.717) is 6.42 Å². The van der Waals surface area contributed by atoms with Gasteiger partial charge in [-0.1, -0.05) is 0 Å². The van der Waals surface area contributed by atoms with E-state index in [0.717, 1.165) is 4.90 Å². The summed E-state index contributed by atoms with van der Waals surface area (Å²) >= 11 is 5.37. The second-order valence-electron chi connectivity index (χ2n) is 5.76. The molecule has 1 aliphatic heterocycles. The summed E-state index contributed by atoms with van der Waals surface area (Å²) in [5.41, 5.74) is -0.386. The summed E-state index contributed by atoms with van der Waals surface area (Å²) in [6, 6.07) is 0. The normalized spacial score (nSPS) is 24.0. The number of ether oxygens (including phenoxy) is 1. The molecule has 1 saturated heterocycles. The van der Waals surface area contributed by atoms with Gasteiger partial charge in [0.2, 0.25) is 5.24 Å². The molecule has 2 rings (SSSR count). The van der Waals surface area contributed by atoms with Crippen molar-refractivity contribution in [2.75, 3.05) is 13.1 Å². The molecule has 0 radical (unpaired) electrons. The number of carbonyl (C=O) groups excluding carboxylic acids is 2. The predicted molar refractivity (Wildman–Crippen MR) is 64.6 cm³/mol. The first-order valence-corrected chi connectivity index (χ1v) is 7.03. The lowest BCUT2D eigenvalue weighted by molar-refractivity contribution is -0.308. The molecule has 1 atom stereocenters. The van der Waals surface area contributed by atoms with Crippen LogP contribution < -0.4 is 0 Å². The van der Waals surface area contributed by atoms with Crippen molar-refractivity contribution in [1.29, 1.82) is 0 Å². The molecule has 2 aliphatic rings. The second kappa shape index (κ2) is 5.71. The summed E-state index contributed by atoms with van der Waals surface area (Å²) in [6.45, 7) is -0.163. The van der Waals surface area contributed by atoms with E-state index in [-0.39, 0.29) is 37.3 Å². The number of hydrogen-bond donors (Lipinski definition) is 0. The number of carbonyl (C=O) groups is 2. The number of rotatable bonds is 2. The summed E-state index contributed by atoms with van der Waals surface area (Å²) in [6.07, 6.45) is -16.2. The molecular weight excluding hydrogens is 356 g/mol. The van der Waals surface area contributed by atoms with Crippen molar-refractivity contribution in [3.8, 4) is 0 Å². The monoisotopic (exact) mass is 367 g/mol. The minimum Gasteiger partial charge on any atom is -0.426 e. The molecule has 0 aromatic heterocycles. The molecule has 11 heteroatoms. The Morgan fingerprint density at radius 2 is 1.57 bits per heavy atom. The molecule has 0 aromatic carbocycles. The van der Waals surface area contributed by atoms with Crippen LogP contribution in [0, 0.1) is 11.3 Å². The van der Waals surface area contributed by atoms with Crippen LogP contribution in [0.2, 0.25) is 0 Å². The minimum atomic E-state index is -5.74. The van der Waals surface area contributed by atoms with E-state index in [9.17, 15) is 35.9 Å². The van der Waals surface area contributed by atoms with Crippen LogP contribution in [-0.4, -0.2) is 47.8 Å². The first-order chi connectivity index (χ1) is 10.4. The van der Waals surface area contributed by atoms with Crippen LogP contribution in [-0.2, 0) is 9.53 Å². The molecule has 132 valence electrons. The van der Waals surface area contributed by atoms with Crippen LogP contribution >= 0.6 is 11.6 Å². The summed E-state index contributed by atoms with van der Waals surface area (Å²) in [7, 11) is 0. The Labute approximate surface area is 131 Å². The van der Waals surface area contributed by atoms with Crippen molar-refractivity contribution in [3.63, 3.8) is 0 Å². The van der Waals surface area contributed by atoms with Crippen molar-refractivity contribution in [1.82, 2.24) is 4.90 Å². The number of piperidine rings is 1. The summed E-state index contributed by atoms with van der Waals surface area (Å²) < 4.78 is 77.7. The zero-order valence-corrected chi connectivity index (χ0v) is 12.3. The molecule has 1 spiro atoms. The maximum atomic E-state index is 12.3. The molecule has 23 heavy (non-hydrogen) atoms. The fourth-order valence-electron chi connectivity index (χ4n) is 2.85. The highest BCUT2D eigenvalue weighted by molar-refractivity contribution is 6.64. The van der Waals surface area contributed by atoms with Gasteiger partial charge in [0.1, 0.15) is 0 Å². The highest BCUT2D eigenvalue weighted by Crippen LogP contribution is 2.60. The molecule has 1 heterocycles. The number of halogens is 7. The van der Waals surface area contributed by atoms with Crippen molar-refractivity contribution in [2.45, 2.75) is 37.7 Å². The second-order valence-corrected chi connectivity index (χ2v) is 6.13. The van der Waals surface area contributed by atoms with Crippen molar-refractivity contribution >= 4 is 22.9 Å². The molecule has 0 N–H and O–H groups in total. The van der Waals surface area contributed by atoms with E-state index >= 15 is 0 Å². The quantitative estimate of drug-likeness (QED) is 0.554. The van der Waals surface area contributed by atoms with Crippen molar-refractivity contribution < 1.29 is 40.7 Å². The van der Waals surface area contributed by atoms with E-state index in [1.165, 1.54) is 0 Å². The van der Waals surface area contributed by atoms with E-state index in [4.69, 9.17) is 11.6 Å². The zero-order valence-electron chi connectivity index (χ0n) is 11.5. The van der Waals surface area contributed by atoms with Gasteiger partial charge in [-0.25, -0.2) is 4.79 Å². The first kappa shape index (κ1) is 18.2. The molecule has 1 saturated carbocycles. The lowest BCUT2D eigenvalue weighted by atomic mass is 9.91. The van der Waals surface area contributed by atoms with Gasteiger partial charge in [-0.15, -0.1) is 0 Å². The van der Waals surface area contributed by atoms with Gasteiger partial charge < -0.3 is 9.64 Å². The van der Waals surface area contributed by atoms with Gasteiger partial charge >= 0.3 is 18.4 Å². The third-order valence-electron chi connectivity index (χ3n) is 4.29. The number of amides is 1. The van der Waals surface area contributed by atoms with Gasteiger partial charge in [-0.2, -0.15) is 26.3 Å². The van der Waals surface area contributed by atoms with Crippen LogP contribution in [0.3, 0.4) is 0 Å². The van der Waals surface area contributed by atoms with Gasteiger partial charge in [0.25, 0.3) is 6.10 Å². The van der Waals surface area contributed by atoms with E-state index in [2.05, 4.69) is 4.74 Å². The zero-order chi connectivity index (χ0) is 17.6. The Morgan fingerprint density at radius 1 is 1.09 bits per heavy atom. The van der Waals surface area contributed by atoms with Gasteiger partial charge in [0.05, 0.1) is 0 Å². The Morgan fingerprint density at radius 3 is 1.91 bits per heavy atom. The Bertz CT molecular complexity index is 484. The average Bonchev–Trinajstić information content (AvgIpc) is 3.08. The topological polar surface area (TPSA) is 46.6 Å². The van der Waals surface area contributed by atoms with Gasteiger partial charge in [-0.3, -0.25) is 4.79 Å². The van der Waals surface area contributed by atoms with Crippen LogP contribution in [0.1, 0.15) is 19.3 Å².